The highest BCUT2D eigenvalue weighted by molar-refractivity contribution is 7.89. The summed E-state index contributed by atoms with van der Waals surface area (Å²) in [5.41, 5.74) is 5.15. The maximum Gasteiger partial charge on any atom is 0.242 e. The molecule has 0 heterocycles. The number of rotatable bonds is 5. The van der Waals surface area contributed by atoms with Crippen LogP contribution in [0, 0.1) is 17.0 Å². The molecule has 0 radical (unpaired) electrons. The fourth-order valence-electron chi connectivity index (χ4n) is 1.57. The highest BCUT2D eigenvalue weighted by atomic mass is 35.5. The van der Waals surface area contributed by atoms with Crippen molar-refractivity contribution in [2.45, 2.75) is 18.7 Å². The van der Waals surface area contributed by atoms with Gasteiger partial charge in [-0.15, -0.1) is 12.4 Å². The predicted molar refractivity (Wildman–Crippen MR) is 76.3 cm³/mol. The van der Waals surface area contributed by atoms with Crippen LogP contribution in [0.4, 0.5) is 8.78 Å². The average Bonchev–Trinajstić information content (AvgIpc) is 2.32. The van der Waals surface area contributed by atoms with Crippen LogP contribution in [0.3, 0.4) is 0 Å². The van der Waals surface area contributed by atoms with E-state index >= 15 is 0 Å². The highest BCUT2D eigenvalue weighted by Gasteiger charge is 2.27. The zero-order chi connectivity index (χ0) is 14.8. The maximum atomic E-state index is 13.1. The Labute approximate surface area is 124 Å². The Morgan fingerprint density at radius 1 is 1.25 bits per heavy atom. The van der Waals surface area contributed by atoms with Gasteiger partial charge in [0.25, 0.3) is 0 Å². The summed E-state index contributed by atoms with van der Waals surface area (Å²) in [7, 11) is -2.47. The first-order chi connectivity index (χ1) is 8.60. The van der Waals surface area contributed by atoms with Crippen molar-refractivity contribution in [3.8, 4) is 0 Å². The number of nitrogens with two attached hydrogens (primary N) is 1. The molecule has 20 heavy (non-hydrogen) atoms. The molecule has 2 N–H and O–H groups in total. The summed E-state index contributed by atoms with van der Waals surface area (Å²) in [4.78, 5) is -0.276. The second kappa shape index (κ2) is 6.80. The van der Waals surface area contributed by atoms with E-state index in [2.05, 4.69) is 0 Å². The molecule has 0 saturated heterocycles. The molecule has 116 valence electrons. The van der Waals surface area contributed by atoms with Crippen molar-refractivity contribution < 1.29 is 17.2 Å². The first kappa shape index (κ1) is 19.2. The van der Waals surface area contributed by atoms with Gasteiger partial charge in [-0.2, -0.15) is 0 Å². The molecule has 0 bridgehead atoms. The Bertz CT molecular complexity index is 565. The molecule has 0 aliphatic rings. The van der Waals surface area contributed by atoms with E-state index in [-0.39, 0.29) is 23.8 Å². The van der Waals surface area contributed by atoms with Gasteiger partial charge in [-0.05, 0) is 30.2 Å². The fourth-order valence-corrected chi connectivity index (χ4v) is 2.94. The Kier molecular flexibility index (Phi) is 6.54. The van der Waals surface area contributed by atoms with Gasteiger partial charge < -0.3 is 5.73 Å². The SMILES string of the molecule is CN(CC(C)(C)CN)S(=O)(=O)c1ccc(F)c(F)c1.Cl. The van der Waals surface area contributed by atoms with E-state index in [1.165, 1.54) is 7.05 Å². The van der Waals surface area contributed by atoms with Gasteiger partial charge in [0.1, 0.15) is 0 Å². The number of sulfonamides is 1. The lowest BCUT2D eigenvalue weighted by Gasteiger charge is -2.28. The molecule has 8 heteroatoms. The number of nitrogens with zero attached hydrogens (tertiary/aromatic N) is 1. The molecule has 1 aromatic carbocycles. The molecule has 0 aliphatic carbocycles. The van der Waals surface area contributed by atoms with Crippen molar-refractivity contribution in [3.63, 3.8) is 0 Å². The van der Waals surface area contributed by atoms with Gasteiger partial charge in [-0.3, -0.25) is 0 Å². The second-order valence-corrected chi connectivity index (χ2v) is 7.25. The lowest BCUT2D eigenvalue weighted by molar-refractivity contribution is 0.292. The summed E-state index contributed by atoms with van der Waals surface area (Å²) in [6.07, 6.45) is 0. The first-order valence-electron chi connectivity index (χ1n) is 5.71. The van der Waals surface area contributed by atoms with Crippen molar-refractivity contribution in [1.82, 2.24) is 4.31 Å². The van der Waals surface area contributed by atoms with Crippen LogP contribution in [-0.2, 0) is 10.0 Å². The Hall–Kier alpha value is -0.760. The van der Waals surface area contributed by atoms with Gasteiger partial charge in [0.15, 0.2) is 11.6 Å². The topological polar surface area (TPSA) is 63.4 Å². The van der Waals surface area contributed by atoms with Crippen LogP contribution >= 0.6 is 12.4 Å². The van der Waals surface area contributed by atoms with Crippen LogP contribution in [0.2, 0.25) is 0 Å². The van der Waals surface area contributed by atoms with Gasteiger partial charge in [0, 0.05) is 13.6 Å². The minimum absolute atomic E-state index is 0. The van der Waals surface area contributed by atoms with Crippen molar-refractivity contribution in [2.75, 3.05) is 20.1 Å². The average molecular weight is 329 g/mol. The lowest BCUT2D eigenvalue weighted by atomic mass is 9.94. The molecule has 0 aromatic heterocycles. The Balaban J connectivity index is 0.00000361. The van der Waals surface area contributed by atoms with Crippen LogP contribution in [0.25, 0.3) is 0 Å². The van der Waals surface area contributed by atoms with E-state index in [0.29, 0.717) is 12.6 Å². The van der Waals surface area contributed by atoms with Crippen LogP contribution in [0.15, 0.2) is 23.1 Å². The summed E-state index contributed by atoms with van der Waals surface area (Å²) < 4.78 is 51.4. The fraction of sp³-hybridized carbons (Fsp3) is 0.500. The van der Waals surface area contributed by atoms with Gasteiger partial charge in [-0.1, -0.05) is 13.8 Å². The van der Waals surface area contributed by atoms with Crippen LogP contribution < -0.4 is 5.73 Å². The predicted octanol–water partition coefficient (Wildman–Crippen LogP) is 1.99. The lowest BCUT2D eigenvalue weighted by Crippen LogP contribution is -2.39. The van der Waals surface area contributed by atoms with Crippen LogP contribution in [-0.4, -0.2) is 32.9 Å². The normalized spacial score (nSPS) is 12.3. The van der Waals surface area contributed by atoms with Crippen molar-refractivity contribution in [2.24, 2.45) is 11.1 Å². The quantitative estimate of drug-likeness (QED) is 0.899. The third kappa shape index (κ3) is 4.37. The number of hydrogen-bond donors (Lipinski definition) is 1. The zero-order valence-corrected chi connectivity index (χ0v) is 13.2. The molecule has 0 spiro atoms. The third-order valence-corrected chi connectivity index (χ3v) is 4.60. The zero-order valence-electron chi connectivity index (χ0n) is 11.6. The summed E-state index contributed by atoms with van der Waals surface area (Å²) in [5, 5.41) is 0. The smallest absolute Gasteiger partial charge is 0.242 e. The standard InChI is InChI=1S/C12H18F2N2O2S.ClH/c1-12(2,7-15)8-16(3)19(17,18)9-4-5-10(13)11(14)6-9;/h4-6H,7-8,15H2,1-3H3;1H. The van der Waals surface area contributed by atoms with Gasteiger partial charge in [0.2, 0.25) is 10.0 Å². The van der Waals surface area contributed by atoms with E-state index in [0.717, 1.165) is 16.4 Å². The molecule has 0 amide bonds. The Morgan fingerprint density at radius 2 is 1.80 bits per heavy atom. The van der Waals surface area contributed by atoms with Gasteiger partial charge in [0.05, 0.1) is 4.90 Å². The van der Waals surface area contributed by atoms with Crippen molar-refractivity contribution in [1.29, 1.82) is 0 Å². The summed E-state index contributed by atoms with van der Waals surface area (Å²) in [6, 6.07) is 2.51. The molecule has 4 nitrogen and oxygen atoms in total. The van der Waals surface area contributed by atoms with Crippen LogP contribution in [0.5, 0.6) is 0 Å². The number of halogens is 3. The maximum absolute atomic E-state index is 13.1. The van der Waals surface area contributed by atoms with Gasteiger partial charge in [-0.25, -0.2) is 21.5 Å². The number of hydrogen-bond acceptors (Lipinski definition) is 3. The molecule has 0 saturated carbocycles. The molecule has 0 fully saturated rings. The molecule has 1 rings (SSSR count). The number of benzene rings is 1. The minimum atomic E-state index is -3.85. The molecular weight excluding hydrogens is 310 g/mol. The minimum Gasteiger partial charge on any atom is -0.330 e. The van der Waals surface area contributed by atoms with E-state index in [9.17, 15) is 17.2 Å². The first-order valence-corrected chi connectivity index (χ1v) is 7.15. The van der Waals surface area contributed by atoms with E-state index in [1.54, 1.807) is 0 Å². The molecular formula is C12H19ClF2N2O2S. The van der Waals surface area contributed by atoms with E-state index in [1.807, 2.05) is 13.8 Å². The second-order valence-electron chi connectivity index (χ2n) is 5.21. The van der Waals surface area contributed by atoms with Crippen molar-refractivity contribution >= 4 is 22.4 Å². The molecule has 0 aliphatic heterocycles. The van der Waals surface area contributed by atoms with E-state index in [4.69, 9.17) is 5.73 Å². The Morgan fingerprint density at radius 3 is 2.25 bits per heavy atom. The summed E-state index contributed by atoms with van der Waals surface area (Å²) in [6.45, 7) is 4.14. The van der Waals surface area contributed by atoms with E-state index < -0.39 is 27.1 Å². The molecule has 0 atom stereocenters. The van der Waals surface area contributed by atoms with Gasteiger partial charge >= 0.3 is 0 Å². The van der Waals surface area contributed by atoms with Crippen LogP contribution in [0.1, 0.15) is 13.8 Å². The molecule has 1 aromatic rings. The van der Waals surface area contributed by atoms with Crippen molar-refractivity contribution in [3.05, 3.63) is 29.8 Å². The third-order valence-electron chi connectivity index (χ3n) is 2.80. The summed E-state index contributed by atoms with van der Waals surface area (Å²) in [5.74, 6) is -2.27. The molecule has 0 unspecified atom stereocenters. The monoisotopic (exact) mass is 328 g/mol. The largest absolute Gasteiger partial charge is 0.330 e. The highest BCUT2D eigenvalue weighted by Crippen LogP contribution is 2.21. The summed E-state index contributed by atoms with van der Waals surface area (Å²) >= 11 is 0.